The molecule has 2 aliphatic rings. The number of carbonyl (C=O) groups is 2. The Balaban J connectivity index is 2.05. The van der Waals surface area contributed by atoms with Crippen molar-refractivity contribution >= 4 is 23.1 Å². The monoisotopic (exact) mass is 319 g/mol. The highest BCUT2D eigenvalue weighted by Crippen LogP contribution is 2.49. The smallest absolute Gasteiger partial charge is 0.348 e. The minimum Gasteiger partial charge on any atom is -0.462 e. The SMILES string of the molecule is CCOC(=O)c1sc(C2CC2)c2c1CC/C(=C\N(C)C)C2=O. The quantitative estimate of drug-likeness (QED) is 0.630. The van der Waals surface area contributed by atoms with E-state index >= 15 is 0 Å². The molecule has 1 heterocycles. The number of ketones is 1. The van der Waals surface area contributed by atoms with Crippen LogP contribution in [0.5, 0.6) is 0 Å². The van der Waals surface area contributed by atoms with Crippen LogP contribution in [0.2, 0.25) is 0 Å². The molecule has 1 fully saturated rings. The Kier molecular flexibility index (Phi) is 4.08. The van der Waals surface area contributed by atoms with Crippen LogP contribution in [0.25, 0.3) is 0 Å². The molecule has 0 aliphatic heterocycles. The summed E-state index contributed by atoms with van der Waals surface area (Å²) >= 11 is 1.48. The van der Waals surface area contributed by atoms with Gasteiger partial charge >= 0.3 is 5.97 Å². The fourth-order valence-electron chi connectivity index (χ4n) is 2.94. The Bertz CT molecular complexity index is 653. The van der Waals surface area contributed by atoms with Gasteiger partial charge in [-0.05, 0) is 44.1 Å². The number of Topliss-reactive ketones (excluding diaryl/α,β-unsaturated/α-hetero) is 1. The van der Waals surface area contributed by atoms with E-state index in [0.717, 1.165) is 40.8 Å². The van der Waals surface area contributed by atoms with Crippen LogP contribution in [0.1, 0.15) is 62.6 Å². The third kappa shape index (κ3) is 2.70. The Morgan fingerprint density at radius 1 is 1.36 bits per heavy atom. The van der Waals surface area contributed by atoms with Crippen LogP contribution in [-0.4, -0.2) is 37.4 Å². The molecule has 4 nitrogen and oxygen atoms in total. The van der Waals surface area contributed by atoms with E-state index in [9.17, 15) is 9.59 Å². The first-order valence-corrected chi connectivity index (χ1v) is 8.59. The number of fused-ring (bicyclic) bond motifs is 1. The summed E-state index contributed by atoms with van der Waals surface area (Å²) in [7, 11) is 3.85. The van der Waals surface area contributed by atoms with Crippen LogP contribution >= 0.6 is 11.3 Å². The lowest BCUT2D eigenvalue weighted by atomic mass is 9.86. The fraction of sp³-hybridized carbons (Fsp3) is 0.529. The molecular formula is C17H21NO3S. The molecule has 1 aromatic rings. The Labute approximate surface area is 134 Å². The van der Waals surface area contributed by atoms with Crippen molar-refractivity contribution in [3.63, 3.8) is 0 Å². The second-order valence-electron chi connectivity index (χ2n) is 6.09. The van der Waals surface area contributed by atoms with Gasteiger partial charge in [0.15, 0.2) is 5.78 Å². The predicted molar refractivity (Wildman–Crippen MR) is 86.7 cm³/mol. The van der Waals surface area contributed by atoms with Crippen molar-refractivity contribution in [2.24, 2.45) is 0 Å². The fourth-order valence-corrected chi connectivity index (χ4v) is 4.35. The maximum Gasteiger partial charge on any atom is 0.348 e. The van der Waals surface area contributed by atoms with Gasteiger partial charge in [0.2, 0.25) is 0 Å². The topological polar surface area (TPSA) is 46.6 Å². The van der Waals surface area contributed by atoms with E-state index in [1.54, 1.807) is 0 Å². The van der Waals surface area contributed by atoms with Crippen molar-refractivity contribution in [1.82, 2.24) is 4.90 Å². The van der Waals surface area contributed by atoms with Crippen LogP contribution in [-0.2, 0) is 11.2 Å². The standard InChI is InChI=1S/C17H21NO3S/c1-4-21-17(20)16-12-8-7-11(9-18(2)3)14(19)13(12)15(22-16)10-5-6-10/h9-10H,4-8H2,1-3H3/b11-9+. The normalized spacial score (nSPS) is 19.2. The van der Waals surface area contributed by atoms with Crippen molar-refractivity contribution in [1.29, 1.82) is 0 Å². The molecule has 0 aromatic carbocycles. The summed E-state index contributed by atoms with van der Waals surface area (Å²) in [4.78, 5) is 28.7. The van der Waals surface area contributed by atoms with E-state index in [0.29, 0.717) is 23.8 Å². The van der Waals surface area contributed by atoms with Gasteiger partial charge in [0, 0.05) is 36.3 Å². The van der Waals surface area contributed by atoms with Gasteiger partial charge in [-0.1, -0.05) is 0 Å². The molecule has 0 bridgehead atoms. The van der Waals surface area contributed by atoms with Gasteiger partial charge in [0.25, 0.3) is 0 Å². The number of hydrogen-bond acceptors (Lipinski definition) is 5. The summed E-state index contributed by atoms with van der Waals surface area (Å²) in [6.45, 7) is 2.17. The van der Waals surface area contributed by atoms with Crippen molar-refractivity contribution in [3.8, 4) is 0 Å². The lowest BCUT2D eigenvalue weighted by molar-refractivity contribution is 0.0531. The zero-order valence-corrected chi connectivity index (χ0v) is 14.1. The number of ether oxygens (including phenoxy) is 1. The molecule has 0 atom stereocenters. The number of carbonyl (C=O) groups excluding carboxylic acids is 2. The van der Waals surface area contributed by atoms with Gasteiger partial charge in [-0.15, -0.1) is 11.3 Å². The average Bonchev–Trinajstić information content (AvgIpc) is 3.22. The van der Waals surface area contributed by atoms with E-state index in [1.165, 1.54) is 11.3 Å². The third-order valence-electron chi connectivity index (χ3n) is 4.02. The second kappa shape index (κ2) is 5.88. The van der Waals surface area contributed by atoms with Gasteiger partial charge in [0.05, 0.1) is 6.61 Å². The number of rotatable bonds is 4. The van der Waals surface area contributed by atoms with Crippen LogP contribution in [0, 0.1) is 0 Å². The zero-order chi connectivity index (χ0) is 15.9. The van der Waals surface area contributed by atoms with Crippen LogP contribution in [0.15, 0.2) is 11.8 Å². The molecule has 1 saturated carbocycles. The number of nitrogens with zero attached hydrogens (tertiary/aromatic N) is 1. The minimum absolute atomic E-state index is 0.101. The van der Waals surface area contributed by atoms with E-state index < -0.39 is 0 Å². The highest BCUT2D eigenvalue weighted by Gasteiger charge is 2.38. The highest BCUT2D eigenvalue weighted by molar-refractivity contribution is 7.14. The van der Waals surface area contributed by atoms with Crippen molar-refractivity contribution in [2.75, 3.05) is 20.7 Å². The number of esters is 1. The first-order valence-electron chi connectivity index (χ1n) is 7.77. The third-order valence-corrected chi connectivity index (χ3v) is 5.39. The summed E-state index contributed by atoms with van der Waals surface area (Å²) in [6, 6.07) is 0. The van der Waals surface area contributed by atoms with Gasteiger partial charge in [-0.2, -0.15) is 0 Å². The average molecular weight is 319 g/mol. The Morgan fingerprint density at radius 2 is 2.09 bits per heavy atom. The van der Waals surface area contributed by atoms with Crippen molar-refractivity contribution < 1.29 is 14.3 Å². The second-order valence-corrected chi connectivity index (χ2v) is 7.14. The molecule has 0 N–H and O–H groups in total. The number of thiophene rings is 1. The Morgan fingerprint density at radius 3 is 2.68 bits per heavy atom. The molecule has 118 valence electrons. The molecule has 0 amide bonds. The van der Waals surface area contributed by atoms with Gasteiger partial charge in [-0.25, -0.2) is 4.79 Å². The van der Waals surface area contributed by atoms with Gasteiger partial charge in [-0.3, -0.25) is 4.79 Å². The summed E-state index contributed by atoms with van der Waals surface area (Å²) < 4.78 is 5.17. The summed E-state index contributed by atoms with van der Waals surface area (Å²) in [5, 5.41) is 0. The maximum absolute atomic E-state index is 12.9. The van der Waals surface area contributed by atoms with E-state index in [4.69, 9.17) is 4.74 Å². The largest absolute Gasteiger partial charge is 0.462 e. The summed E-state index contributed by atoms with van der Waals surface area (Å²) in [6.07, 6.45) is 5.59. The first-order chi connectivity index (χ1) is 10.5. The maximum atomic E-state index is 12.9. The lowest BCUT2D eigenvalue weighted by Gasteiger charge is -2.18. The summed E-state index contributed by atoms with van der Waals surface area (Å²) in [5.41, 5.74) is 2.56. The molecule has 0 saturated heterocycles. The first kappa shape index (κ1) is 15.3. The summed E-state index contributed by atoms with van der Waals surface area (Å²) in [5.74, 6) is 0.289. The molecule has 0 unspecified atom stereocenters. The van der Waals surface area contributed by atoms with E-state index in [1.807, 2.05) is 32.1 Å². The predicted octanol–water partition coefficient (Wildman–Crippen LogP) is 3.38. The molecule has 22 heavy (non-hydrogen) atoms. The molecule has 3 rings (SSSR count). The molecule has 1 aromatic heterocycles. The van der Waals surface area contributed by atoms with E-state index in [2.05, 4.69) is 0 Å². The number of hydrogen-bond donors (Lipinski definition) is 0. The van der Waals surface area contributed by atoms with Crippen LogP contribution in [0.3, 0.4) is 0 Å². The zero-order valence-electron chi connectivity index (χ0n) is 13.3. The highest BCUT2D eigenvalue weighted by atomic mass is 32.1. The molecule has 0 radical (unpaired) electrons. The number of allylic oxidation sites excluding steroid dienone is 1. The lowest BCUT2D eigenvalue weighted by Crippen LogP contribution is -2.18. The molecular weight excluding hydrogens is 298 g/mol. The van der Waals surface area contributed by atoms with E-state index in [-0.39, 0.29) is 11.8 Å². The van der Waals surface area contributed by atoms with Crippen LogP contribution < -0.4 is 0 Å². The minimum atomic E-state index is -0.275. The van der Waals surface area contributed by atoms with Crippen LogP contribution in [0.4, 0.5) is 0 Å². The van der Waals surface area contributed by atoms with Gasteiger partial charge < -0.3 is 9.64 Å². The molecule has 5 heteroatoms. The Hall–Kier alpha value is -1.62. The molecule has 0 spiro atoms. The van der Waals surface area contributed by atoms with Crippen molar-refractivity contribution in [3.05, 3.63) is 32.7 Å². The molecule has 2 aliphatic carbocycles. The van der Waals surface area contributed by atoms with Gasteiger partial charge in [0.1, 0.15) is 4.88 Å². The van der Waals surface area contributed by atoms with Crippen molar-refractivity contribution in [2.45, 2.75) is 38.5 Å².